The minimum Gasteiger partial charge on any atom is -0.490 e. The number of morpholine rings is 1. The number of para-hydroxylation sites is 2. The highest BCUT2D eigenvalue weighted by Gasteiger charge is 2.26. The second-order valence-corrected chi connectivity index (χ2v) is 7.50. The molecule has 1 amide bonds. The number of nitrogens with zero attached hydrogens (tertiary/aromatic N) is 1. The summed E-state index contributed by atoms with van der Waals surface area (Å²) >= 11 is 0. The summed E-state index contributed by atoms with van der Waals surface area (Å²) < 4.78 is 27.5. The van der Waals surface area contributed by atoms with Gasteiger partial charge in [-0.25, -0.2) is 4.79 Å². The van der Waals surface area contributed by atoms with Gasteiger partial charge >= 0.3 is 12.1 Å². The molecule has 0 saturated carbocycles. The number of nitrogens with two attached hydrogens (primary N) is 1. The highest BCUT2D eigenvalue weighted by molar-refractivity contribution is 5.73. The normalized spacial score (nSPS) is 17.2. The van der Waals surface area contributed by atoms with Crippen LogP contribution in [0.4, 0.5) is 4.79 Å². The van der Waals surface area contributed by atoms with Crippen LogP contribution in [0.3, 0.4) is 0 Å². The summed E-state index contributed by atoms with van der Waals surface area (Å²) in [5, 5.41) is 0. The average Bonchev–Trinajstić information content (AvgIpc) is 2.76. The lowest BCUT2D eigenvalue weighted by molar-refractivity contribution is -0.150. The maximum atomic E-state index is 12.3. The van der Waals surface area contributed by atoms with E-state index in [1.165, 1.54) is 0 Å². The Kier molecular flexibility index (Phi) is 10.4. The molecule has 174 valence electrons. The van der Waals surface area contributed by atoms with Crippen LogP contribution in [0.5, 0.6) is 11.5 Å². The first kappa shape index (κ1) is 24.7. The van der Waals surface area contributed by atoms with Gasteiger partial charge in [0, 0.05) is 13.1 Å². The number of rotatable bonds is 11. The molecule has 1 aromatic rings. The fourth-order valence-corrected chi connectivity index (χ4v) is 3.12. The molecule has 9 heteroatoms. The molecule has 1 saturated heterocycles. The predicted molar refractivity (Wildman–Crippen MR) is 114 cm³/mol. The average molecular weight is 439 g/mol. The van der Waals surface area contributed by atoms with Crippen LogP contribution in [0.25, 0.3) is 0 Å². The Hall–Kier alpha value is -2.52. The fourth-order valence-electron chi connectivity index (χ4n) is 3.12. The monoisotopic (exact) mass is 438 g/mol. The number of ether oxygens (including phenoxy) is 5. The highest BCUT2D eigenvalue weighted by atomic mass is 16.6. The molecule has 1 fully saturated rings. The molecular formula is C22H34N2O7. The SMILES string of the molecule is CCOc1ccccc1OCC1CN(C(=O)OCCOC(=O)[C@@H](CN)C(C)C)CCO1. The zero-order valence-electron chi connectivity index (χ0n) is 18.6. The molecule has 31 heavy (non-hydrogen) atoms. The van der Waals surface area contributed by atoms with Crippen molar-refractivity contribution in [3.05, 3.63) is 24.3 Å². The van der Waals surface area contributed by atoms with Gasteiger partial charge in [0.2, 0.25) is 0 Å². The van der Waals surface area contributed by atoms with Gasteiger partial charge in [0.25, 0.3) is 0 Å². The lowest BCUT2D eigenvalue weighted by Crippen LogP contribution is -2.48. The van der Waals surface area contributed by atoms with Crippen LogP contribution in [0.15, 0.2) is 24.3 Å². The van der Waals surface area contributed by atoms with Gasteiger partial charge in [-0.3, -0.25) is 4.79 Å². The van der Waals surface area contributed by atoms with Gasteiger partial charge in [-0.1, -0.05) is 26.0 Å². The fraction of sp³-hybridized carbons (Fsp3) is 0.636. The van der Waals surface area contributed by atoms with Crippen molar-refractivity contribution in [1.29, 1.82) is 0 Å². The van der Waals surface area contributed by atoms with E-state index in [-0.39, 0.29) is 50.3 Å². The van der Waals surface area contributed by atoms with Gasteiger partial charge < -0.3 is 34.3 Å². The van der Waals surface area contributed by atoms with Crippen LogP contribution in [-0.2, 0) is 19.0 Å². The Labute approximate surface area is 183 Å². The number of hydrogen-bond acceptors (Lipinski definition) is 8. The molecule has 2 atom stereocenters. The molecule has 1 aromatic carbocycles. The van der Waals surface area contributed by atoms with E-state index in [1.54, 1.807) is 4.90 Å². The zero-order valence-corrected chi connectivity index (χ0v) is 18.6. The highest BCUT2D eigenvalue weighted by Crippen LogP contribution is 2.26. The van der Waals surface area contributed by atoms with Crippen LogP contribution >= 0.6 is 0 Å². The van der Waals surface area contributed by atoms with Crippen LogP contribution in [-0.4, -0.2) is 75.7 Å². The molecular weight excluding hydrogens is 404 g/mol. The zero-order chi connectivity index (χ0) is 22.6. The summed E-state index contributed by atoms with van der Waals surface area (Å²) in [5.74, 6) is 0.661. The summed E-state index contributed by atoms with van der Waals surface area (Å²) in [6.07, 6.45) is -0.761. The van der Waals surface area contributed by atoms with Gasteiger partial charge in [0.1, 0.15) is 25.9 Å². The number of amides is 1. The molecule has 0 radical (unpaired) electrons. The number of esters is 1. The Morgan fingerprint density at radius 1 is 1.16 bits per heavy atom. The van der Waals surface area contributed by atoms with Crippen molar-refractivity contribution in [3.63, 3.8) is 0 Å². The van der Waals surface area contributed by atoms with Crippen molar-refractivity contribution in [3.8, 4) is 11.5 Å². The van der Waals surface area contributed by atoms with Gasteiger partial charge in [0.15, 0.2) is 11.5 Å². The Morgan fingerprint density at radius 2 is 1.84 bits per heavy atom. The number of hydrogen-bond donors (Lipinski definition) is 1. The first-order valence-corrected chi connectivity index (χ1v) is 10.7. The third kappa shape index (κ3) is 7.91. The number of carbonyl (C=O) groups excluding carboxylic acids is 2. The molecule has 0 spiro atoms. The Balaban J connectivity index is 1.73. The maximum Gasteiger partial charge on any atom is 0.410 e. The van der Waals surface area contributed by atoms with Crippen molar-refractivity contribution in [2.45, 2.75) is 26.9 Å². The predicted octanol–water partition coefficient (Wildman–Crippen LogP) is 2.08. The Morgan fingerprint density at radius 3 is 2.48 bits per heavy atom. The largest absolute Gasteiger partial charge is 0.490 e. The smallest absolute Gasteiger partial charge is 0.410 e. The summed E-state index contributed by atoms with van der Waals surface area (Å²) in [6.45, 7) is 7.91. The molecule has 1 unspecified atom stereocenters. The van der Waals surface area contributed by atoms with Crippen molar-refractivity contribution < 1.29 is 33.3 Å². The minimum absolute atomic E-state index is 0.00111. The van der Waals surface area contributed by atoms with E-state index in [4.69, 9.17) is 29.4 Å². The van der Waals surface area contributed by atoms with Gasteiger partial charge in [-0.2, -0.15) is 0 Å². The van der Waals surface area contributed by atoms with Crippen LogP contribution in [0.2, 0.25) is 0 Å². The first-order valence-electron chi connectivity index (χ1n) is 10.7. The minimum atomic E-state index is -0.474. The van der Waals surface area contributed by atoms with E-state index in [0.29, 0.717) is 37.8 Å². The lowest BCUT2D eigenvalue weighted by Gasteiger charge is -2.32. The standard InChI is InChI=1S/C22H34N2O7/c1-4-27-19-7-5-6-8-20(19)31-15-17-14-24(9-10-28-17)22(26)30-12-11-29-21(25)18(13-23)16(2)3/h5-8,16-18H,4,9-15,23H2,1-3H3/t17?,18-/m0/s1. The van der Waals surface area contributed by atoms with Crippen LogP contribution in [0.1, 0.15) is 20.8 Å². The molecule has 2 N–H and O–H groups in total. The van der Waals surface area contributed by atoms with Crippen molar-refractivity contribution >= 4 is 12.1 Å². The van der Waals surface area contributed by atoms with Gasteiger partial charge in [0.05, 0.1) is 25.7 Å². The maximum absolute atomic E-state index is 12.3. The molecule has 1 heterocycles. The number of benzene rings is 1. The van der Waals surface area contributed by atoms with E-state index in [0.717, 1.165) is 0 Å². The molecule has 1 aliphatic heterocycles. The first-order chi connectivity index (χ1) is 15.0. The van der Waals surface area contributed by atoms with E-state index < -0.39 is 6.09 Å². The van der Waals surface area contributed by atoms with E-state index >= 15 is 0 Å². The van der Waals surface area contributed by atoms with Crippen LogP contribution in [0, 0.1) is 11.8 Å². The Bertz CT molecular complexity index is 698. The number of carbonyl (C=O) groups is 2. The third-order valence-corrected chi connectivity index (χ3v) is 4.89. The second kappa shape index (κ2) is 13.0. The summed E-state index contributed by atoms with van der Waals surface area (Å²) in [5.41, 5.74) is 5.60. The summed E-state index contributed by atoms with van der Waals surface area (Å²) in [7, 11) is 0. The van der Waals surface area contributed by atoms with Crippen molar-refractivity contribution in [2.75, 3.05) is 52.7 Å². The van der Waals surface area contributed by atoms with Gasteiger partial charge in [-0.05, 0) is 25.0 Å². The second-order valence-electron chi connectivity index (χ2n) is 7.50. The summed E-state index contributed by atoms with van der Waals surface area (Å²) in [6, 6.07) is 7.42. The topological polar surface area (TPSA) is 110 Å². The van der Waals surface area contributed by atoms with Crippen LogP contribution < -0.4 is 15.2 Å². The van der Waals surface area contributed by atoms with Crippen molar-refractivity contribution in [2.24, 2.45) is 17.6 Å². The molecule has 9 nitrogen and oxygen atoms in total. The lowest BCUT2D eigenvalue weighted by atomic mass is 9.96. The molecule has 1 aliphatic rings. The quantitative estimate of drug-likeness (QED) is 0.413. The summed E-state index contributed by atoms with van der Waals surface area (Å²) in [4.78, 5) is 25.9. The van der Waals surface area contributed by atoms with Gasteiger partial charge in [-0.15, -0.1) is 0 Å². The molecule has 0 aromatic heterocycles. The molecule has 0 aliphatic carbocycles. The molecule has 0 bridgehead atoms. The van der Waals surface area contributed by atoms with E-state index in [1.807, 2.05) is 45.0 Å². The van der Waals surface area contributed by atoms with E-state index in [2.05, 4.69) is 0 Å². The van der Waals surface area contributed by atoms with Crippen molar-refractivity contribution in [1.82, 2.24) is 4.90 Å². The van der Waals surface area contributed by atoms with E-state index in [9.17, 15) is 9.59 Å². The third-order valence-electron chi connectivity index (χ3n) is 4.89. The molecule has 2 rings (SSSR count).